The van der Waals surface area contributed by atoms with Crippen LogP contribution in [-0.4, -0.2) is 57.3 Å². The predicted octanol–water partition coefficient (Wildman–Crippen LogP) is -0.289. The van der Waals surface area contributed by atoms with E-state index < -0.39 is 30.5 Å². The van der Waals surface area contributed by atoms with Crippen molar-refractivity contribution < 1.29 is 29.7 Å². The summed E-state index contributed by atoms with van der Waals surface area (Å²) in [5.74, 6) is -3.41. The van der Waals surface area contributed by atoms with E-state index in [0.29, 0.717) is 0 Å². The summed E-state index contributed by atoms with van der Waals surface area (Å²) in [6, 6.07) is -0.963. The molecule has 0 saturated heterocycles. The van der Waals surface area contributed by atoms with Crippen LogP contribution in [0.3, 0.4) is 0 Å². The third-order valence-corrected chi connectivity index (χ3v) is 2.06. The minimum atomic E-state index is -1.18. The van der Waals surface area contributed by atoms with Crippen LogP contribution in [0.25, 0.3) is 0 Å². The summed E-state index contributed by atoms with van der Waals surface area (Å²) in [5, 5.41) is 25.9. The zero-order valence-corrected chi connectivity index (χ0v) is 8.92. The second-order valence-electron chi connectivity index (χ2n) is 3.27. The largest absolute Gasteiger partial charge is 0.481 e. The van der Waals surface area contributed by atoms with Crippen molar-refractivity contribution in [2.24, 2.45) is 0 Å². The fourth-order valence-corrected chi connectivity index (χ4v) is 1.35. The van der Waals surface area contributed by atoms with Gasteiger partial charge in [-0.25, -0.2) is 0 Å². The van der Waals surface area contributed by atoms with Crippen LogP contribution in [0.4, 0.5) is 0 Å². The van der Waals surface area contributed by atoms with Gasteiger partial charge in [-0.2, -0.15) is 0 Å². The monoisotopic (exact) mass is 233 g/mol. The van der Waals surface area contributed by atoms with Crippen LogP contribution in [0.1, 0.15) is 19.8 Å². The van der Waals surface area contributed by atoms with Gasteiger partial charge in [-0.3, -0.25) is 19.3 Å². The lowest BCUT2D eigenvalue weighted by molar-refractivity contribution is -0.148. The molecule has 0 aromatic rings. The zero-order valence-electron chi connectivity index (χ0n) is 8.92. The van der Waals surface area contributed by atoms with E-state index in [1.807, 2.05) is 0 Å². The molecule has 7 heteroatoms. The Morgan fingerprint density at radius 2 is 1.69 bits per heavy atom. The molecule has 0 saturated carbocycles. The van der Waals surface area contributed by atoms with Crippen molar-refractivity contribution in [1.82, 2.24) is 4.90 Å². The fourth-order valence-electron chi connectivity index (χ4n) is 1.35. The lowest BCUT2D eigenvalue weighted by atomic mass is 10.2. The Balaban J connectivity index is 4.55. The molecule has 16 heavy (non-hydrogen) atoms. The maximum Gasteiger partial charge on any atom is 0.320 e. The minimum Gasteiger partial charge on any atom is -0.481 e. The molecule has 0 aromatic heterocycles. The smallest absolute Gasteiger partial charge is 0.320 e. The van der Waals surface area contributed by atoms with Gasteiger partial charge >= 0.3 is 17.9 Å². The topological polar surface area (TPSA) is 115 Å². The van der Waals surface area contributed by atoms with Gasteiger partial charge in [-0.15, -0.1) is 0 Å². The van der Waals surface area contributed by atoms with Crippen LogP contribution in [0.5, 0.6) is 0 Å². The Morgan fingerprint density at radius 1 is 1.12 bits per heavy atom. The van der Waals surface area contributed by atoms with Crippen molar-refractivity contribution >= 4 is 17.9 Å². The Morgan fingerprint density at radius 3 is 2.00 bits per heavy atom. The van der Waals surface area contributed by atoms with Crippen molar-refractivity contribution in [3.05, 3.63) is 0 Å². The number of nitrogens with zero attached hydrogens (tertiary/aromatic N) is 1. The molecule has 0 rings (SSSR count). The molecule has 0 aliphatic rings. The molecule has 92 valence electrons. The molecule has 0 aliphatic heterocycles. The summed E-state index contributed by atoms with van der Waals surface area (Å²) in [6.45, 7) is 1.04. The van der Waals surface area contributed by atoms with Crippen LogP contribution in [0.15, 0.2) is 0 Å². The maximum atomic E-state index is 10.8. The summed E-state index contributed by atoms with van der Waals surface area (Å²) in [4.78, 5) is 32.8. The number of hydrogen-bond acceptors (Lipinski definition) is 4. The van der Waals surface area contributed by atoms with Gasteiger partial charge in [0.2, 0.25) is 0 Å². The van der Waals surface area contributed by atoms with Gasteiger partial charge in [0, 0.05) is 6.54 Å². The van der Waals surface area contributed by atoms with Gasteiger partial charge in [-0.05, 0) is 6.42 Å². The van der Waals surface area contributed by atoms with Gasteiger partial charge in [0.1, 0.15) is 6.04 Å². The standard InChI is InChI=1S/C9H15NO6/c1-2-6(9(15)16)10(5-8(13)14)4-3-7(11)12/h6H,2-5H2,1H3,(H,11,12)(H,13,14)(H,15,16). The van der Waals surface area contributed by atoms with Crippen LogP contribution in [0, 0.1) is 0 Å². The highest BCUT2D eigenvalue weighted by Crippen LogP contribution is 2.05. The first-order valence-corrected chi connectivity index (χ1v) is 4.78. The van der Waals surface area contributed by atoms with Crippen molar-refractivity contribution in [3.8, 4) is 0 Å². The second-order valence-corrected chi connectivity index (χ2v) is 3.27. The molecule has 0 aliphatic carbocycles. The van der Waals surface area contributed by atoms with Crippen LogP contribution in [-0.2, 0) is 14.4 Å². The summed E-state index contributed by atoms with van der Waals surface area (Å²) >= 11 is 0. The number of rotatable bonds is 8. The number of aliphatic carboxylic acids is 3. The van der Waals surface area contributed by atoms with E-state index in [2.05, 4.69) is 0 Å². The van der Waals surface area contributed by atoms with Crippen molar-refractivity contribution in [2.75, 3.05) is 13.1 Å². The molecular formula is C9H15NO6. The molecule has 3 N–H and O–H groups in total. The van der Waals surface area contributed by atoms with Crippen molar-refractivity contribution in [2.45, 2.75) is 25.8 Å². The lowest BCUT2D eigenvalue weighted by Crippen LogP contribution is -2.44. The maximum absolute atomic E-state index is 10.8. The normalized spacial score (nSPS) is 12.4. The van der Waals surface area contributed by atoms with Gasteiger partial charge in [-0.1, -0.05) is 6.92 Å². The van der Waals surface area contributed by atoms with Gasteiger partial charge < -0.3 is 15.3 Å². The summed E-state index contributed by atoms with van der Waals surface area (Å²) in [7, 11) is 0. The van der Waals surface area contributed by atoms with E-state index >= 15 is 0 Å². The molecule has 1 atom stereocenters. The highest BCUT2D eigenvalue weighted by atomic mass is 16.4. The molecule has 7 nitrogen and oxygen atoms in total. The first-order valence-electron chi connectivity index (χ1n) is 4.78. The third kappa shape index (κ3) is 5.30. The van der Waals surface area contributed by atoms with Crippen LogP contribution >= 0.6 is 0 Å². The first kappa shape index (κ1) is 14.4. The summed E-state index contributed by atoms with van der Waals surface area (Å²) in [6.07, 6.45) is -0.0563. The van der Waals surface area contributed by atoms with Crippen LogP contribution in [0.2, 0.25) is 0 Å². The Bertz CT molecular complexity index is 277. The zero-order chi connectivity index (χ0) is 12.7. The third-order valence-electron chi connectivity index (χ3n) is 2.06. The number of carboxylic acids is 3. The molecule has 1 unspecified atom stereocenters. The first-order chi connectivity index (χ1) is 7.38. The summed E-state index contributed by atoms with van der Waals surface area (Å²) < 4.78 is 0. The van der Waals surface area contributed by atoms with Gasteiger partial charge in [0.15, 0.2) is 0 Å². The van der Waals surface area contributed by atoms with Gasteiger partial charge in [0.05, 0.1) is 13.0 Å². The quantitative estimate of drug-likeness (QED) is 0.527. The van der Waals surface area contributed by atoms with E-state index in [-0.39, 0.29) is 19.4 Å². The SMILES string of the molecule is CCC(C(=O)O)N(CCC(=O)O)CC(=O)O. The highest BCUT2D eigenvalue weighted by Gasteiger charge is 2.25. The van der Waals surface area contributed by atoms with Crippen molar-refractivity contribution in [3.63, 3.8) is 0 Å². The van der Waals surface area contributed by atoms with Crippen molar-refractivity contribution in [1.29, 1.82) is 0 Å². The Kier molecular flexibility index (Phi) is 6.09. The molecule has 0 bridgehead atoms. The predicted molar refractivity (Wildman–Crippen MR) is 53.2 cm³/mol. The van der Waals surface area contributed by atoms with Crippen LogP contribution < -0.4 is 0 Å². The number of carboxylic acid groups (broad SMARTS) is 3. The molecule has 0 radical (unpaired) electrons. The average molecular weight is 233 g/mol. The molecule has 0 heterocycles. The Labute approximate surface area is 92.3 Å². The second kappa shape index (κ2) is 6.78. The highest BCUT2D eigenvalue weighted by molar-refractivity contribution is 5.75. The van der Waals surface area contributed by atoms with E-state index in [9.17, 15) is 14.4 Å². The molecular weight excluding hydrogens is 218 g/mol. The molecule has 0 spiro atoms. The van der Waals surface area contributed by atoms with E-state index in [1.165, 1.54) is 0 Å². The average Bonchev–Trinajstić information content (AvgIpc) is 2.13. The summed E-state index contributed by atoms with van der Waals surface area (Å²) in [5.41, 5.74) is 0. The van der Waals surface area contributed by atoms with Gasteiger partial charge in [0.25, 0.3) is 0 Å². The van der Waals surface area contributed by atoms with E-state index in [4.69, 9.17) is 15.3 Å². The number of carbonyl (C=O) groups is 3. The lowest BCUT2D eigenvalue weighted by Gasteiger charge is -2.25. The molecule has 0 amide bonds. The molecule has 0 aromatic carbocycles. The van der Waals surface area contributed by atoms with E-state index in [0.717, 1.165) is 4.90 Å². The number of hydrogen-bond donors (Lipinski definition) is 3. The minimum absolute atomic E-state index is 0.0908. The Hall–Kier alpha value is -1.63. The fraction of sp³-hybridized carbons (Fsp3) is 0.667. The molecule has 0 fully saturated rings. The van der Waals surface area contributed by atoms with E-state index in [1.54, 1.807) is 6.92 Å².